The number of anilines is 1. The van der Waals surface area contributed by atoms with Crippen molar-refractivity contribution in [1.29, 1.82) is 0 Å². The second-order valence-corrected chi connectivity index (χ2v) is 11.0. The molecule has 4 rings (SSSR count). The van der Waals surface area contributed by atoms with E-state index in [-0.39, 0.29) is 24.9 Å². The molecule has 2 aromatic heterocycles. The Labute approximate surface area is 214 Å². The molecule has 0 saturated carbocycles. The molecule has 5 atom stereocenters. The number of fused-ring (bicyclic) bond motifs is 1. The van der Waals surface area contributed by atoms with Crippen molar-refractivity contribution < 1.29 is 33.0 Å². The quantitative estimate of drug-likeness (QED) is 0.260. The number of carbonyl (C=O) groups is 1. The molecule has 1 aliphatic rings. The van der Waals surface area contributed by atoms with Crippen LogP contribution in [0.4, 0.5) is 5.82 Å². The SMILES string of the molecule is CC(C)OC(=O)[C@@H](C)NP(=O)(OC[C@H]1O[C@@](C)(c2ccc3c(N)ncnn23)C[C@@H]1O)Oc1ccccc1. The topological polar surface area (TPSA) is 160 Å². The largest absolute Gasteiger partial charge is 0.462 e. The number of hydrogen-bond donors (Lipinski definition) is 3. The smallest absolute Gasteiger partial charge is 0.459 e. The number of aliphatic hydroxyl groups excluding tert-OH is 1. The lowest BCUT2D eigenvalue weighted by molar-refractivity contribution is -0.149. The maximum Gasteiger partial charge on any atom is 0.459 e. The highest BCUT2D eigenvalue weighted by Gasteiger charge is 2.47. The summed E-state index contributed by atoms with van der Waals surface area (Å²) in [7, 11) is -4.11. The third kappa shape index (κ3) is 6.11. The van der Waals surface area contributed by atoms with Crippen molar-refractivity contribution in [2.75, 3.05) is 12.3 Å². The lowest BCUT2D eigenvalue weighted by atomic mass is 9.97. The minimum Gasteiger partial charge on any atom is -0.462 e. The summed E-state index contributed by atoms with van der Waals surface area (Å²) in [5.41, 5.74) is 6.29. The minimum absolute atomic E-state index is 0.228. The predicted octanol–water partition coefficient (Wildman–Crippen LogP) is 2.81. The Kier molecular flexibility index (Phi) is 7.86. The van der Waals surface area contributed by atoms with E-state index in [2.05, 4.69) is 15.2 Å². The molecule has 1 fully saturated rings. The number of esters is 1. The molecule has 3 heterocycles. The molecule has 1 aromatic carbocycles. The number of ether oxygens (including phenoxy) is 2. The monoisotopic (exact) mass is 533 g/mol. The van der Waals surface area contributed by atoms with Gasteiger partial charge in [-0.1, -0.05) is 18.2 Å². The number of nitrogens with one attached hydrogen (secondary N) is 1. The molecule has 1 aliphatic heterocycles. The first-order valence-corrected chi connectivity index (χ1v) is 13.5. The number of para-hydroxylation sites is 1. The number of nitrogens with zero attached hydrogens (tertiary/aromatic N) is 3. The van der Waals surface area contributed by atoms with Gasteiger partial charge in [-0.15, -0.1) is 0 Å². The van der Waals surface area contributed by atoms with E-state index in [1.165, 1.54) is 13.3 Å². The van der Waals surface area contributed by atoms with Crippen molar-refractivity contribution in [3.8, 4) is 5.75 Å². The van der Waals surface area contributed by atoms with Crippen molar-refractivity contribution in [2.24, 2.45) is 0 Å². The van der Waals surface area contributed by atoms with E-state index in [9.17, 15) is 14.5 Å². The van der Waals surface area contributed by atoms with E-state index < -0.39 is 37.6 Å². The second kappa shape index (κ2) is 10.8. The molecular weight excluding hydrogens is 501 g/mol. The van der Waals surface area contributed by atoms with Crippen LogP contribution in [-0.4, -0.2) is 56.6 Å². The van der Waals surface area contributed by atoms with E-state index in [1.54, 1.807) is 54.8 Å². The molecule has 0 amide bonds. The van der Waals surface area contributed by atoms with Gasteiger partial charge in [0.25, 0.3) is 0 Å². The first kappa shape index (κ1) is 27.0. The summed E-state index contributed by atoms with van der Waals surface area (Å²) < 4.78 is 38.1. The molecule has 0 bridgehead atoms. The third-order valence-electron chi connectivity index (χ3n) is 5.90. The number of nitrogens with two attached hydrogens (primary N) is 1. The van der Waals surface area contributed by atoms with Crippen LogP contribution in [0.5, 0.6) is 5.75 Å². The normalized spacial score (nSPS) is 24.2. The second-order valence-electron chi connectivity index (χ2n) is 9.35. The van der Waals surface area contributed by atoms with Crippen LogP contribution in [0.1, 0.15) is 39.8 Å². The Bertz CT molecular complexity index is 1290. The molecule has 1 unspecified atom stereocenters. The Hall–Kier alpha value is -3.02. The van der Waals surface area contributed by atoms with Gasteiger partial charge in [-0.2, -0.15) is 10.2 Å². The van der Waals surface area contributed by atoms with Crippen molar-refractivity contribution >= 4 is 25.1 Å². The Morgan fingerprint density at radius 3 is 2.73 bits per heavy atom. The highest BCUT2D eigenvalue weighted by Crippen LogP contribution is 2.47. The van der Waals surface area contributed by atoms with Crippen LogP contribution in [0.25, 0.3) is 5.52 Å². The Morgan fingerprint density at radius 2 is 2.03 bits per heavy atom. The Morgan fingerprint density at radius 1 is 1.30 bits per heavy atom. The molecular formula is C24H32N5O7P. The van der Waals surface area contributed by atoms with Gasteiger partial charge < -0.3 is 24.8 Å². The van der Waals surface area contributed by atoms with Crippen LogP contribution in [0, 0.1) is 0 Å². The summed E-state index contributed by atoms with van der Waals surface area (Å²) in [6, 6.07) is 11.0. The van der Waals surface area contributed by atoms with Crippen molar-refractivity contribution in [2.45, 2.75) is 64.1 Å². The van der Waals surface area contributed by atoms with Crippen molar-refractivity contribution in [1.82, 2.24) is 19.7 Å². The molecule has 1 saturated heterocycles. The lowest BCUT2D eigenvalue weighted by Crippen LogP contribution is -2.37. The molecule has 12 nitrogen and oxygen atoms in total. The van der Waals surface area contributed by atoms with Crippen LogP contribution < -0.4 is 15.3 Å². The van der Waals surface area contributed by atoms with Gasteiger partial charge >= 0.3 is 13.7 Å². The number of aromatic nitrogens is 3. The van der Waals surface area contributed by atoms with Crippen LogP contribution in [-0.2, 0) is 29.0 Å². The first-order chi connectivity index (χ1) is 17.5. The average Bonchev–Trinajstić information content (AvgIpc) is 3.40. The van der Waals surface area contributed by atoms with E-state index in [1.807, 2.05) is 13.0 Å². The standard InChI is InChI=1S/C24H32N5O7P/c1-15(2)34-23(31)16(3)28-37(32,36-17-8-6-5-7-9-17)33-13-20-19(30)12-24(4,35-20)21-11-10-18-22(25)26-14-27-29(18)21/h5-11,14-16,19-20,30H,12-13H2,1-4H3,(H,28,32)(H2,25,26,27)/t16-,19+,20-,24-,37?/m1/s1. The van der Waals surface area contributed by atoms with Gasteiger partial charge in [-0.05, 0) is 52.0 Å². The minimum atomic E-state index is -4.11. The number of nitrogen functional groups attached to an aromatic ring is 1. The fourth-order valence-corrected chi connectivity index (χ4v) is 5.66. The summed E-state index contributed by atoms with van der Waals surface area (Å²) in [6.07, 6.45) is -0.566. The number of aliphatic hydroxyl groups is 1. The van der Waals surface area contributed by atoms with E-state index >= 15 is 0 Å². The predicted molar refractivity (Wildman–Crippen MR) is 135 cm³/mol. The Balaban J connectivity index is 1.50. The maximum absolute atomic E-state index is 13.7. The van der Waals surface area contributed by atoms with Crippen LogP contribution in [0.3, 0.4) is 0 Å². The molecule has 200 valence electrons. The van der Waals surface area contributed by atoms with Gasteiger partial charge in [0.1, 0.15) is 35.3 Å². The van der Waals surface area contributed by atoms with Crippen LogP contribution >= 0.6 is 7.75 Å². The number of hydrogen-bond acceptors (Lipinski definition) is 10. The van der Waals surface area contributed by atoms with E-state index in [4.69, 9.17) is 24.3 Å². The fraction of sp³-hybridized carbons (Fsp3) is 0.458. The zero-order chi connectivity index (χ0) is 26.8. The lowest BCUT2D eigenvalue weighted by Gasteiger charge is -2.26. The molecule has 3 aromatic rings. The van der Waals surface area contributed by atoms with Gasteiger partial charge in [0, 0.05) is 6.42 Å². The van der Waals surface area contributed by atoms with Crippen molar-refractivity contribution in [3.05, 3.63) is 54.5 Å². The average molecular weight is 534 g/mol. The maximum atomic E-state index is 13.7. The van der Waals surface area contributed by atoms with Crippen LogP contribution in [0.15, 0.2) is 48.8 Å². The zero-order valence-corrected chi connectivity index (χ0v) is 22.0. The van der Waals surface area contributed by atoms with Gasteiger partial charge in [0.15, 0.2) is 5.82 Å². The van der Waals surface area contributed by atoms with E-state index in [0.29, 0.717) is 17.0 Å². The summed E-state index contributed by atoms with van der Waals surface area (Å²) >= 11 is 0. The highest BCUT2D eigenvalue weighted by atomic mass is 31.2. The molecule has 0 radical (unpaired) electrons. The van der Waals surface area contributed by atoms with Crippen molar-refractivity contribution in [3.63, 3.8) is 0 Å². The number of rotatable bonds is 10. The summed E-state index contributed by atoms with van der Waals surface area (Å²) in [5.74, 6) is -0.0162. The molecule has 37 heavy (non-hydrogen) atoms. The first-order valence-electron chi connectivity index (χ1n) is 11.9. The summed E-state index contributed by atoms with van der Waals surface area (Å²) in [6.45, 7) is 6.47. The summed E-state index contributed by atoms with van der Waals surface area (Å²) in [5, 5.41) is 17.7. The molecule has 4 N–H and O–H groups in total. The number of benzene rings is 1. The molecule has 13 heteroatoms. The van der Waals surface area contributed by atoms with Gasteiger partial charge in [0.05, 0.1) is 24.5 Å². The molecule has 0 aliphatic carbocycles. The van der Waals surface area contributed by atoms with Crippen LogP contribution in [0.2, 0.25) is 0 Å². The van der Waals surface area contributed by atoms with Gasteiger partial charge in [0.2, 0.25) is 0 Å². The number of carbonyl (C=O) groups excluding carboxylic acids is 1. The fourth-order valence-electron chi connectivity index (χ4n) is 4.16. The van der Waals surface area contributed by atoms with Gasteiger partial charge in [-0.3, -0.25) is 9.32 Å². The summed E-state index contributed by atoms with van der Waals surface area (Å²) in [4.78, 5) is 16.3. The molecule has 0 spiro atoms. The zero-order valence-electron chi connectivity index (χ0n) is 21.1. The van der Waals surface area contributed by atoms with Gasteiger partial charge in [-0.25, -0.2) is 14.1 Å². The third-order valence-corrected chi connectivity index (χ3v) is 7.54. The van der Waals surface area contributed by atoms with E-state index in [0.717, 1.165) is 0 Å². The highest BCUT2D eigenvalue weighted by molar-refractivity contribution is 7.52.